The molecule has 1 aromatic carbocycles. The summed E-state index contributed by atoms with van der Waals surface area (Å²) in [5, 5.41) is 0. The first-order valence-corrected chi connectivity index (χ1v) is 5.94. The molecule has 0 fully saturated rings. The second-order valence-electron chi connectivity index (χ2n) is 3.58. The van der Waals surface area contributed by atoms with E-state index in [4.69, 9.17) is 4.74 Å². The minimum atomic E-state index is 0.910. The molecule has 1 aromatic rings. The highest BCUT2D eigenvalue weighted by molar-refractivity contribution is 5.20. The Hall–Kier alpha value is -0.980. The Bertz CT molecular complexity index is 202. The molecule has 0 saturated carbocycles. The maximum Gasteiger partial charge on any atom is 0.118 e. The number of benzene rings is 1. The molecule has 1 nitrogen and oxygen atoms in total. The van der Waals surface area contributed by atoms with E-state index in [0.29, 0.717) is 0 Å². The van der Waals surface area contributed by atoms with Crippen LogP contribution in [0.3, 0.4) is 0 Å². The van der Waals surface area contributed by atoms with Crippen LogP contribution in [-0.4, -0.2) is 7.11 Å². The molecule has 1 rings (SSSR count). The minimum Gasteiger partial charge on any atom is -0.497 e. The number of para-hydroxylation sites is 1. The summed E-state index contributed by atoms with van der Waals surface area (Å²) in [5.74, 6) is 0.910. The highest BCUT2D eigenvalue weighted by Crippen LogP contribution is 2.05. The van der Waals surface area contributed by atoms with Crippen LogP contribution < -0.4 is 4.74 Å². The van der Waals surface area contributed by atoms with Crippen molar-refractivity contribution in [3.8, 4) is 5.75 Å². The lowest BCUT2D eigenvalue weighted by Crippen LogP contribution is -1.78. The Kier molecular flexibility index (Phi) is 10.4. The Labute approximate surface area is 94.5 Å². The largest absolute Gasteiger partial charge is 0.497 e. The van der Waals surface area contributed by atoms with Crippen LogP contribution in [0.15, 0.2) is 30.3 Å². The second-order valence-corrected chi connectivity index (χ2v) is 3.58. The van der Waals surface area contributed by atoms with E-state index < -0.39 is 0 Å². The summed E-state index contributed by atoms with van der Waals surface area (Å²) in [6.07, 6.45) is 7.01. The summed E-state index contributed by atoms with van der Waals surface area (Å²) >= 11 is 0. The molecule has 0 aliphatic heterocycles. The molecule has 0 aliphatic rings. The highest BCUT2D eigenvalue weighted by atomic mass is 16.5. The van der Waals surface area contributed by atoms with Gasteiger partial charge in [0.15, 0.2) is 0 Å². The van der Waals surface area contributed by atoms with E-state index in [-0.39, 0.29) is 0 Å². The van der Waals surface area contributed by atoms with Crippen molar-refractivity contribution in [1.29, 1.82) is 0 Å². The van der Waals surface area contributed by atoms with Gasteiger partial charge in [-0.1, -0.05) is 64.2 Å². The molecule has 0 atom stereocenters. The first-order valence-electron chi connectivity index (χ1n) is 5.94. The van der Waals surface area contributed by atoms with Gasteiger partial charge < -0.3 is 4.74 Å². The van der Waals surface area contributed by atoms with Gasteiger partial charge in [-0.15, -0.1) is 0 Å². The highest BCUT2D eigenvalue weighted by Gasteiger charge is 1.80. The summed E-state index contributed by atoms with van der Waals surface area (Å²) in [7, 11) is 1.66. The van der Waals surface area contributed by atoms with Gasteiger partial charge >= 0.3 is 0 Å². The predicted octanol–water partition coefficient (Wildman–Crippen LogP) is 4.67. The molecule has 0 bridgehead atoms. The fraction of sp³-hybridized carbons (Fsp3) is 0.571. The number of hydrogen-bond acceptors (Lipinski definition) is 1. The summed E-state index contributed by atoms with van der Waals surface area (Å²) in [5.41, 5.74) is 0. The van der Waals surface area contributed by atoms with Crippen LogP contribution in [0.2, 0.25) is 0 Å². The van der Waals surface area contributed by atoms with Gasteiger partial charge in [-0.25, -0.2) is 0 Å². The van der Waals surface area contributed by atoms with Crippen LogP contribution in [0.25, 0.3) is 0 Å². The topological polar surface area (TPSA) is 9.23 Å². The lowest BCUT2D eigenvalue weighted by atomic mass is 10.2. The predicted molar refractivity (Wildman–Crippen MR) is 67.4 cm³/mol. The van der Waals surface area contributed by atoms with Gasteiger partial charge in [0, 0.05) is 0 Å². The molecule has 0 spiro atoms. The second kappa shape index (κ2) is 11.1. The van der Waals surface area contributed by atoms with Gasteiger partial charge in [0.05, 0.1) is 7.11 Å². The van der Waals surface area contributed by atoms with Gasteiger partial charge in [-0.2, -0.15) is 0 Å². The van der Waals surface area contributed by atoms with E-state index >= 15 is 0 Å². The van der Waals surface area contributed by atoms with E-state index in [2.05, 4.69) is 13.8 Å². The number of methoxy groups -OCH3 is 1. The van der Waals surface area contributed by atoms with Gasteiger partial charge in [0.2, 0.25) is 0 Å². The van der Waals surface area contributed by atoms with Gasteiger partial charge in [-0.05, 0) is 12.1 Å². The average molecular weight is 208 g/mol. The molecule has 15 heavy (non-hydrogen) atoms. The number of hydrogen-bond donors (Lipinski definition) is 0. The molecule has 0 unspecified atom stereocenters. The molecular formula is C14H24O. The Balaban J connectivity index is 0.000000265. The lowest BCUT2D eigenvalue weighted by Gasteiger charge is -1.93. The number of ether oxygens (including phenoxy) is 1. The molecular weight excluding hydrogens is 184 g/mol. The first-order chi connectivity index (χ1) is 7.35. The molecule has 0 saturated heterocycles. The fourth-order valence-electron chi connectivity index (χ4n) is 1.23. The zero-order valence-corrected chi connectivity index (χ0v) is 10.3. The van der Waals surface area contributed by atoms with Crippen LogP contribution >= 0.6 is 0 Å². The van der Waals surface area contributed by atoms with Crippen molar-refractivity contribution in [2.75, 3.05) is 7.11 Å². The molecule has 0 aliphatic carbocycles. The molecule has 86 valence electrons. The molecule has 0 heterocycles. The van der Waals surface area contributed by atoms with Crippen molar-refractivity contribution in [2.24, 2.45) is 0 Å². The van der Waals surface area contributed by atoms with Crippen LogP contribution in [0.1, 0.15) is 46.0 Å². The van der Waals surface area contributed by atoms with Gasteiger partial charge in [-0.3, -0.25) is 0 Å². The minimum absolute atomic E-state index is 0.910. The SMILES string of the molecule is CCCCCCC.COc1ccccc1. The average Bonchev–Trinajstić information content (AvgIpc) is 2.32. The zero-order chi connectivity index (χ0) is 11.4. The van der Waals surface area contributed by atoms with Gasteiger partial charge in [0.25, 0.3) is 0 Å². The number of rotatable bonds is 5. The third kappa shape index (κ3) is 9.33. The van der Waals surface area contributed by atoms with Gasteiger partial charge in [0.1, 0.15) is 5.75 Å². The van der Waals surface area contributed by atoms with Crippen molar-refractivity contribution in [3.05, 3.63) is 30.3 Å². The van der Waals surface area contributed by atoms with E-state index in [9.17, 15) is 0 Å². The van der Waals surface area contributed by atoms with Crippen LogP contribution in [0.5, 0.6) is 5.75 Å². The smallest absolute Gasteiger partial charge is 0.118 e. The quantitative estimate of drug-likeness (QED) is 0.639. The summed E-state index contributed by atoms with van der Waals surface area (Å²) in [6.45, 7) is 4.49. The number of unbranched alkanes of at least 4 members (excludes halogenated alkanes) is 4. The molecule has 1 heteroatoms. The summed E-state index contributed by atoms with van der Waals surface area (Å²) in [4.78, 5) is 0. The van der Waals surface area contributed by atoms with Crippen molar-refractivity contribution in [1.82, 2.24) is 0 Å². The standard InChI is InChI=1S/C7H8O.C7H16/c1-8-7-5-3-2-4-6-7;1-3-5-7-6-4-2/h2-6H,1H3;3-7H2,1-2H3. The van der Waals surface area contributed by atoms with Crippen LogP contribution in [-0.2, 0) is 0 Å². The van der Waals surface area contributed by atoms with E-state index in [1.54, 1.807) is 7.11 Å². The maximum atomic E-state index is 4.91. The van der Waals surface area contributed by atoms with E-state index in [0.717, 1.165) is 5.75 Å². The third-order valence-electron chi connectivity index (χ3n) is 2.19. The Morgan fingerprint density at radius 1 is 0.867 bits per heavy atom. The molecule has 0 amide bonds. The zero-order valence-electron chi connectivity index (χ0n) is 10.3. The van der Waals surface area contributed by atoms with Crippen LogP contribution in [0.4, 0.5) is 0 Å². The van der Waals surface area contributed by atoms with Crippen molar-refractivity contribution in [3.63, 3.8) is 0 Å². The Morgan fingerprint density at radius 2 is 1.40 bits per heavy atom. The third-order valence-corrected chi connectivity index (χ3v) is 2.19. The lowest BCUT2D eigenvalue weighted by molar-refractivity contribution is 0.415. The van der Waals surface area contributed by atoms with Crippen LogP contribution in [0, 0.1) is 0 Å². The molecule has 0 aromatic heterocycles. The first kappa shape index (κ1) is 14.0. The van der Waals surface area contributed by atoms with Crippen molar-refractivity contribution < 1.29 is 4.74 Å². The summed E-state index contributed by atoms with van der Waals surface area (Å²) < 4.78 is 4.91. The maximum absolute atomic E-state index is 4.91. The van der Waals surface area contributed by atoms with Crippen molar-refractivity contribution >= 4 is 0 Å². The normalized spacial score (nSPS) is 9.00. The summed E-state index contributed by atoms with van der Waals surface area (Å²) in [6, 6.07) is 9.68. The fourth-order valence-corrected chi connectivity index (χ4v) is 1.23. The van der Waals surface area contributed by atoms with E-state index in [1.165, 1.54) is 32.1 Å². The van der Waals surface area contributed by atoms with Crippen molar-refractivity contribution in [2.45, 2.75) is 46.0 Å². The molecule has 0 radical (unpaired) electrons. The van der Waals surface area contributed by atoms with E-state index in [1.807, 2.05) is 30.3 Å². The Morgan fingerprint density at radius 3 is 1.73 bits per heavy atom. The molecule has 0 N–H and O–H groups in total. The monoisotopic (exact) mass is 208 g/mol.